The minimum absolute atomic E-state index is 0.121. The van der Waals surface area contributed by atoms with Crippen molar-refractivity contribution >= 4 is 5.69 Å². The summed E-state index contributed by atoms with van der Waals surface area (Å²) >= 11 is 0. The lowest BCUT2D eigenvalue weighted by Gasteiger charge is -2.46. The van der Waals surface area contributed by atoms with E-state index in [2.05, 4.69) is 4.90 Å². The summed E-state index contributed by atoms with van der Waals surface area (Å²) in [6.45, 7) is 3.03. The van der Waals surface area contributed by atoms with E-state index in [9.17, 15) is 4.39 Å². The van der Waals surface area contributed by atoms with Gasteiger partial charge in [-0.2, -0.15) is 0 Å². The molecule has 0 spiro atoms. The lowest BCUT2D eigenvalue weighted by atomic mass is 9.78. The van der Waals surface area contributed by atoms with Crippen LogP contribution < -0.4 is 10.6 Å². The first kappa shape index (κ1) is 13.9. The van der Waals surface area contributed by atoms with Gasteiger partial charge in [-0.25, -0.2) is 4.39 Å². The average molecular weight is 276 g/mol. The Morgan fingerprint density at radius 1 is 1.20 bits per heavy atom. The molecule has 1 heterocycles. The number of piperidine rings is 1. The second-order valence-corrected chi connectivity index (χ2v) is 6.44. The SMILES string of the molecule is C[C@H](N)c1cc(F)ccc1N1CCC[C@H]2CCCC[C@H]21. The summed E-state index contributed by atoms with van der Waals surface area (Å²) in [5.41, 5.74) is 8.18. The Bertz CT molecular complexity index is 470. The monoisotopic (exact) mass is 276 g/mol. The van der Waals surface area contributed by atoms with Crippen molar-refractivity contribution in [3.05, 3.63) is 29.6 Å². The van der Waals surface area contributed by atoms with Crippen LogP contribution in [-0.4, -0.2) is 12.6 Å². The van der Waals surface area contributed by atoms with Gasteiger partial charge in [0.15, 0.2) is 0 Å². The molecule has 1 aliphatic heterocycles. The fourth-order valence-electron chi connectivity index (χ4n) is 4.08. The molecule has 1 saturated carbocycles. The molecule has 1 saturated heterocycles. The van der Waals surface area contributed by atoms with Gasteiger partial charge in [0.1, 0.15) is 5.82 Å². The van der Waals surface area contributed by atoms with Crippen molar-refractivity contribution in [2.75, 3.05) is 11.4 Å². The molecule has 20 heavy (non-hydrogen) atoms. The molecule has 3 atom stereocenters. The van der Waals surface area contributed by atoms with Crippen molar-refractivity contribution in [3.63, 3.8) is 0 Å². The highest BCUT2D eigenvalue weighted by Gasteiger charge is 2.34. The maximum absolute atomic E-state index is 13.5. The summed E-state index contributed by atoms with van der Waals surface area (Å²) in [7, 11) is 0. The van der Waals surface area contributed by atoms with E-state index in [0.29, 0.717) is 6.04 Å². The van der Waals surface area contributed by atoms with Crippen LogP contribution in [0.3, 0.4) is 0 Å². The van der Waals surface area contributed by atoms with Gasteiger partial charge >= 0.3 is 0 Å². The Balaban J connectivity index is 1.94. The van der Waals surface area contributed by atoms with Crippen LogP contribution in [-0.2, 0) is 0 Å². The van der Waals surface area contributed by atoms with Crippen molar-refractivity contribution in [2.45, 2.75) is 57.5 Å². The molecule has 2 fully saturated rings. The van der Waals surface area contributed by atoms with E-state index >= 15 is 0 Å². The van der Waals surface area contributed by atoms with Gasteiger partial charge in [-0.3, -0.25) is 0 Å². The lowest BCUT2D eigenvalue weighted by molar-refractivity contribution is 0.243. The normalized spacial score (nSPS) is 28.1. The van der Waals surface area contributed by atoms with Gasteiger partial charge in [-0.05, 0) is 62.3 Å². The Labute approximate surface area is 121 Å². The van der Waals surface area contributed by atoms with Gasteiger partial charge in [0.05, 0.1) is 0 Å². The van der Waals surface area contributed by atoms with E-state index in [0.717, 1.165) is 23.7 Å². The van der Waals surface area contributed by atoms with Gasteiger partial charge in [-0.1, -0.05) is 12.8 Å². The number of hydrogen-bond donors (Lipinski definition) is 1. The quantitative estimate of drug-likeness (QED) is 0.884. The predicted molar refractivity (Wildman–Crippen MR) is 81.3 cm³/mol. The van der Waals surface area contributed by atoms with E-state index in [1.807, 2.05) is 13.0 Å². The molecule has 110 valence electrons. The molecule has 3 rings (SSSR count). The van der Waals surface area contributed by atoms with Gasteiger partial charge in [0.25, 0.3) is 0 Å². The first-order chi connectivity index (χ1) is 9.66. The fraction of sp³-hybridized carbons (Fsp3) is 0.647. The molecule has 0 amide bonds. The first-order valence-electron chi connectivity index (χ1n) is 7.98. The predicted octanol–water partition coefficient (Wildman–Crippen LogP) is 4.00. The maximum Gasteiger partial charge on any atom is 0.123 e. The number of rotatable bonds is 2. The third-order valence-electron chi connectivity index (χ3n) is 5.03. The largest absolute Gasteiger partial charge is 0.368 e. The molecular weight excluding hydrogens is 251 g/mol. The highest BCUT2D eigenvalue weighted by molar-refractivity contribution is 5.56. The molecule has 1 aliphatic carbocycles. The third kappa shape index (κ3) is 2.56. The smallest absolute Gasteiger partial charge is 0.123 e. The molecule has 2 nitrogen and oxygen atoms in total. The van der Waals surface area contributed by atoms with Gasteiger partial charge < -0.3 is 10.6 Å². The molecule has 0 unspecified atom stereocenters. The topological polar surface area (TPSA) is 29.3 Å². The van der Waals surface area contributed by atoms with Gasteiger partial charge in [0, 0.05) is 24.3 Å². The zero-order valence-electron chi connectivity index (χ0n) is 12.3. The maximum atomic E-state index is 13.5. The van der Waals surface area contributed by atoms with E-state index in [1.54, 1.807) is 12.1 Å². The van der Waals surface area contributed by atoms with Crippen LogP contribution in [0.15, 0.2) is 18.2 Å². The first-order valence-corrected chi connectivity index (χ1v) is 7.98. The second kappa shape index (κ2) is 5.72. The van der Waals surface area contributed by atoms with Crippen molar-refractivity contribution in [1.29, 1.82) is 0 Å². The Hall–Kier alpha value is -1.09. The molecular formula is C17H25FN2. The zero-order valence-corrected chi connectivity index (χ0v) is 12.3. The van der Waals surface area contributed by atoms with Gasteiger partial charge in [-0.15, -0.1) is 0 Å². The highest BCUT2D eigenvalue weighted by Crippen LogP contribution is 2.39. The molecule has 2 aliphatic rings. The van der Waals surface area contributed by atoms with Crippen LogP contribution in [0.5, 0.6) is 0 Å². The van der Waals surface area contributed by atoms with Crippen LogP contribution in [0.2, 0.25) is 0 Å². The standard InChI is InChI=1S/C17H25FN2/c1-12(19)15-11-14(18)8-9-17(15)20-10-4-6-13-5-2-3-7-16(13)20/h8-9,11-13,16H,2-7,10,19H2,1H3/t12-,13+,16+/m0/s1. The number of nitrogens with two attached hydrogens (primary N) is 1. The minimum Gasteiger partial charge on any atom is -0.368 e. The van der Waals surface area contributed by atoms with Crippen molar-refractivity contribution in [1.82, 2.24) is 0 Å². The van der Waals surface area contributed by atoms with E-state index < -0.39 is 0 Å². The van der Waals surface area contributed by atoms with Crippen LogP contribution in [0, 0.1) is 11.7 Å². The Kier molecular flexibility index (Phi) is 3.97. The number of benzene rings is 1. The van der Waals surface area contributed by atoms with Crippen LogP contribution in [0.1, 0.15) is 57.1 Å². The van der Waals surface area contributed by atoms with Crippen LogP contribution >= 0.6 is 0 Å². The summed E-state index contributed by atoms with van der Waals surface area (Å²) in [4.78, 5) is 2.52. The number of hydrogen-bond acceptors (Lipinski definition) is 2. The molecule has 1 aromatic rings. The molecule has 2 N–H and O–H groups in total. The van der Waals surface area contributed by atoms with Crippen molar-refractivity contribution < 1.29 is 4.39 Å². The van der Waals surface area contributed by atoms with E-state index in [-0.39, 0.29) is 11.9 Å². The Morgan fingerprint density at radius 3 is 2.75 bits per heavy atom. The summed E-state index contributed by atoms with van der Waals surface area (Å²) < 4.78 is 13.5. The number of fused-ring (bicyclic) bond motifs is 1. The summed E-state index contributed by atoms with van der Waals surface area (Å²) in [5.74, 6) is 0.640. The van der Waals surface area contributed by atoms with E-state index in [1.165, 1.54) is 38.5 Å². The van der Waals surface area contributed by atoms with Crippen molar-refractivity contribution in [2.24, 2.45) is 11.7 Å². The summed E-state index contributed by atoms with van der Waals surface area (Å²) in [5, 5.41) is 0. The van der Waals surface area contributed by atoms with Crippen molar-refractivity contribution in [3.8, 4) is 0 Å². The van der Waals surface area contributed by atoms with E-state index in [4.69, 9.17) is 5.73 Å². The Morgan fingerprint density at radius 2 is 1.95 bits per heavy atom. The number of nitrogens with zero attached hydrogens (tertiary/aromatic N) is 1. The minimum atomic E-state index is -0.182. The third-order valence-corrected chi connectivity index (χ3v) is 5.03. The van der Waals surface area contributed by atoms with Crippen LogP contribution in [0.4, 0.5) is 10.1 Å². The molecule has 3 heteroatoms. The molecule has 0 aromatic heterocycles. The zero-order chi connectivity index (χ0) is 14.1. The molecule has 0 bridgehead atoms. The summed E-state index contributed by atoms with van der Waals surface area (Å²) in [6.07, 6.45) is 7.94. The lowest BCUT2D eigenvalue weighted by Crippen LogP contribution is -2.47. The average Bonchev–Trinajstić information content (AvgIpc) is 2.46. The fourth-order valence-corrected chi connectivity index (χ4v) is 4.08. The molecule has 0 radical (unpaired) electrons. The number of halogens is 1. The molecule has 1 aromatic carbocycles. The van der Waals surface area contributed by atoms with Gasteiger partial charge in [0.2, 0.25) is 0 Å². The highest BCUT2D eigenvalue weighted by atomic mass is 19.1. The van der Waals surface area contributed by atoms with Crippen LogP contribution in [0.25, 0.3) is 0 Å². The summed E-state index contributed by atoms with van der Waals surface area (Å²) in [6, 6.07) is 5.65. The second-order valence-electron chi connectivity index (χ2n) is 6.44. The number of anilines is 1.